The van der Waals surface area contributed by atoms with E-state index in [1.165, 1.54) is 6.42 Å². The van der Waals surface area contributed by atoms with Crippen molar-refractivity contribution in [1.82, 2.24) is 20.0 Å². The van der Waals surface area contributed by atoms with E-state index >= 15 is 0 Å². The van der Waals surface area contributed by atoms with Crippen LogP contribution in [0.1, 0.15) is 13.3 Å². The Kier molecular flexibility index (Phi) is 5.36. The van der Waals surface area contributed by atoms with Crippen molar-refractivity contribution < 1.29 is 0 Å². The molecule has 1 unspecified atom stereocenters. The van der Waals surface area contributed by atoms with Crippen LogP contribution in [0, 0.1) is 0 Å². The first-order valence-electron chi connectivity index (χ1n) is 5.54. The molecule has 1 heterocycles. The number of nitrogens with one attached hydrogen (secondary N) is 1. The average Bonchev–Trinajstić information content (AvgIpc) is 2.64. The third-order valence-electron chi connectivity index (χ3n) is 2.30. The van der Waals surface area contributed by atoms with E-state index in [1.807, 2.05) is 23.1 Å². The first kappa shape index (κ1) is 12.2. The molecule has 0 aromatic carbocycles. The zero-order valence-electron chi connectivity index (χ0n) is 9.98. The largest absolute Gasteiger partial charge is 0.312 e. The van der Waals surface area contributed by atoms with Crippen LogP contribution in [0.4, 0.5) is 0 Å². The van der Waals surface area contributed by atoms with E-state index in [0.717, 1.165) is 19.6 Å². The standard InChI is InChI=1S/C11H22N4/c1-11(10-15-9-5-7-13-15)12-6-4-8-14(2)3/h5,7,9,11-12H,4,6,8,10H2,1-3H3. The van der Waals surface area contributed by atoms with Crippen LogP contribution in [0.15, 0.2) is 18.5 Å². The van der Waals surface area contributed by atoms with Crippen molar-refractivity contribution in [3.05, 3.63) is 18.5 Å². The summed E-state index contributed by atoms with van der Waals surface area (Å²) in [5.41, 5.74) is 0. The van der Waals surface area contributed by atoms with Crippen LogP contribution in [0.2, 0.25) is 0 Å². The minimum absolute atomic E-state index is 0.479. The van der Waals surface area contributed by atoms with Crippen LogP contribution in [0.3, 0.4) is 0 Å². The Balaban J connectivity index is 2.06. The minimum Gasteiger partial charge on any atom is -0.312 e. The lowest BCUT2D eigenvalue weighted by molar-refractivity contribution is 0.379. The molecule has 0 saturated carbocycles. The molecule has 0 saturated heterocycles. The smallest absolute Gasteiger partial charge is 0.0559 e. The Hall–Kier alpha value is -0.870. The fraction of sp³-hybridized carbons (Fsp3) is 0.727. The Bertz CT molecular complexity index is 243. The maximum atomic E-state index is 4.18. The zero-order valence-corrected chi connectivity index (χ0v) is 9.98. The molecule has 0 aliphatic rings. The highest BCUT2D eigenvalue weighted by Gasteiger charge is 2.01. The average molecular weight is 210 g/mol. The summed E-state index contributed by atoms with van der Waals surface area (Å²) in [5, 5.41) is 7.67. The molecule has 15 heavy (non-hydrogen) atoms. The lowest BCUT2D eigenvalue weighted by atomic mass is 10.3. The second kappa shape index (κ2) is 6.58. The van der Waals surface area contributed by atoms with Crippen LogP contribution < -0.4 is 5.32 Å². The molecule has 1 aromatic rings. The van der Waals surface area contributed by atoms with Gasteiger partial charge < -0.3 is 10.2 Å². The van der Waals surface area contributed by atoms with Crippen molar-refractivity contribution in [1.29, 1.82) is 0 Å². The lowest BCUT2D eigenvalue weighted by Gasteiger charge is -2.15. The molecule has 0 fully saturated rings. The molecule has 4 nitrogen and oxygen atoms in total. The summed E-state index contributed by atoms with van der Waals surface area (Å²) in [6, 6.07) is 2.44. The predicted octanol–water partition coefficient (Wildman–Crippen LogP) is 0.813. The molecular weight excluding hydrogens is 188 g/mol. The topological polar surface area (TPSA) is 33.1 Å². The Morgan fingerprint density at radius 2 is 2.27 bits per heavy atom. The number of rotatable bonds is 7. The molecule has 0 spiro atoms. The summed E-state index contributed by atoms with van der Waals surface area (Å²) >= 11 is 0. The summed E-state index contributed by atoms with van der Waals surface area (Å²) in [6.45, 7) is 5.34. The van der Waals surface area contributed by atoms with Crippen LogP contribution in [0.25, 0.3) is 0 Å². The van der Waals surface area contributed by atoms with Gasteiger partial charge in [-0.1, -0.05) is 0 Å². The maximum absolute atomic E-state index is 4.18. The second-order valence-electron chi connectivity index (χ2n) is 4.24. The third kappa shape index (κ3) is 5.54. The fourth-order valence-corrected chi connectivity index (χ4v) is 1.50. The SMILES string of the molecule is CC(Cn1cccn1)NCCCN(C)C. The summed E-state index contributed by atoms with van der Waals surface area (Å²) in [4.78, 5) is 2.21. The van der Waals surface area contributed by atoms with Gasteiger partial charge in [0.05, 0.1) is 6.54 Å². The minimum atomic E-state index is 0.479. The first-order chi connectivity index (χ1) is 7.18. The highest BCUT2D eigenvalue weighted by atomic mass is 15.3. The predicted molar refractivity (Wildman–Crippen MR) is 62.9 cm³/mol. The Morgan fingerprint density at radius 1 is 1.47 bits per heavy atom. The van der Waals surface area contributed by atoms with Gasteiger partial charge in [-0.2, -0.15) is 5.10 Å². The molecule has 1 atom stereocenters. The van der Waals surface area contributed by atoms with Gasteiger partial charge in [-0.3, -0.25) is 4.68 Å². The van der Waals surface area contributed by atoms with E-state index in [-0.39, 0.29) is 0 Å². The van der Waals surface area contributed by atoms with Gasteiger partial charge in [-0.15, -0.1) is 0 Å². The molecule has 0 aliphatic carbocycles. The second-order valence-corrected chi connectivity index (χ2v) is 4.24. The van der Waals surface area contributed by atoms with Crippen LogP contribution in [0.5, 0.6) is 0 Å². The summed E-state index contributed by atoms with van der Waals surface area (Å²) < 4.78 is 1.96. The van der Waals surface area contributed by atoms with Crippen molar-refractivity contribution in [2.45, 2.75) is 25.9 Å². The molecule has 0 aliphatic heterocycles. The summed E-state index contributed by atoms with van der Waals surface area (Å²) in [7, 11) is 4.21. The molecule has 0 bridgehead atoms. The molecule has 0 amide bonds. The van der Waals surface area contributed by atoms with Crippen molar-refractivity contribution in [3.8, 4) is 0 Å². The number of nitrogens with zero attached hydrogens (tertiary/aromatic N) is 3. The van der Waals surface area contributed by atoms with Gasteiger partial charge in [-0.05, 0) is 46.6 Å². The molecule has 1 rings (SSSR count). The van der Waals surface area contributed by atoms with Gasteiger partial charge in [0, 0.05) is 18.4 Å². The van der Waals surface area contributed by atoms with Gasteiger partial charge in [0.1, 0.15) is 0 Å². The first-order valence-corrected chi connectivity index (χ1v) is 5.54. The van der Waals surface area contributed by atoms with Crippen LogP contribution in [-0.2, 0) is 6.54 Å². The molecule has 86 valence electrons. The van der Waals surface area contributed by atoms with Gasteiger partial charge in [-0.25, -0.2) is 0 Å². The third-order valence-corrected chi connectivity index (χ3v) is 2.30. The zero-order chi connectivity index (χ0) is 11.1. The molecule has 4 heteroatoms. The monoisotopic (exact) mass is 210 g/mol. The molecule has 0 radical (unpaired) electrons. The van der Waals surface area contributed by atoms with Crippen molar-refractivity contribution >= 4 is 0 Å². The lowest BCUT2D eigenvalue weighted by Crippen LogP contribution is -2.32. The van der Waals surface area contributed by atoms with Gasteiger partial charge in [0.2, 0.25) is 0 Å². The van der Waals surface area contributed by atoms with E-state index in [9.17, 15) is 0 Å². The van der Waals surface area contributed by atoms with Crippen molar-refractivity contribution in [2.75, 3.05) is 27.2 Å². The van der Waals surface area contributed by atoms with Gasteiger partial charge in [0.25, 0.3) is 0 Å². The summed E-state index contributed by atoms with van der Waals surface area (Å²) in [6.07, 6.45) is 5.01. The van der Waals surface area contributed by atoms with E-state index in [0.29, 0.717) is 6.04 Å². The number of hydrogen-bond donors (Lipinski definition) is 1. The Morgan fingerprint density at radius 3 is 2.87 bits per heavy atom. The van der Waals surface area contributed by atoms with Crippen molar-refractivity contribution in [3.63, 3.8) is 0 Å². The fourth-order valence-electron chi connectivity index (χ4n) is 1.50. The van der Waals surface area contributed by atoms with E-state index in [2.05, 4.69) is 36.3 Å². The Labute approximate surface area is 92.3 Å². The maximum Gasteiger partial charge on any atom is 0.0559 e. The van der Waals surface area contributed by atoms with Crippen LogP contribution >= 0.6 is 0 Å². The van der Waals surface area contributed by atoms with E-state index in [4.69, 9.17) is 0 Å². The normalized spacial score (nSPS) is 13.3. The highest BCUT2D eigenvalue weighted by molar-refractivity contribution is 4.78. The molecule has 1 N–H and O–H groups in total. The van der Waals surface area contributed by atoms with E-state index in [1.54, 1.807) is 0 Å². The van der Waals surface area contributed by atoms with Gasteiger partial charge in [0.15, 0.2) is 0 Å². The summed E-state index contributed by atoms with van der Waals surface area (Å²) in [5.74, 6) is 0. The van der Waals surface area contributed by atoms with Gasteiger partial charge >= 0.3 is 0 Å². The number of aromatic nitrogens is 2. The van der Waals surface area contributed by atoms with Crippen LogP contribution in [-0.4, -0.2) is 47.9 Å². The van der Waals surface area contributed by atoms with E-state index < -0.39 is 0 Å². The quantitative estimate of drug-likeness (QED) is 0.676. The number of hydrogen-bond acceptors (Lipinski definition) is 3. The molecular formula is C11H22N4. The van der Waals surface area contributed by atoms with Crippen molar-refractivity contribution in [2.24, 2.45) is 0 Å². The molecule has 1 aromatic heterocycles. The highest BCUT2D eigenvalue weighted by Crippen LogP contribution is 1.91.